The van der Waals surface area contributed by atoms with Gasteiger partial charge in [0.2, 0.25) is 10.0 Å². The number of hydrogen-bond donors (Lipinski definition) is 1. The van der Waals surface area contributed by atoms with Gasteiger partial charge in [-0.1, -0.05) is 0 Å². The normalized spacial score (nSPS) is 20.0. The number of halogens is 1. The lowest BCUT2D eigenvalue weighted by atomic mass is 10.1. The third-order valence-corrected chi connectivity index (χ3v) is 6.37. The monoisotopic (exact) mass is 362 g/mol. The predicted molar refractivity (Wildman–Crippen MR) is 82.1 cm³/mol. The summed E-state index contributed by atoms with van der Waals surface area (Å²) in [4.78, 5) is 0.258. The van der Waals surface area contributed by atoms with Crippen LogP contribution in [0.3, 0.4) is 0 Å². The summed E-state index contributed by atoms with van der Waals surface area (Å²) >= 11 is 3.31. The second kappa shape index (κ2) is 5.29. The molecule has 7 heteroatoms. The van der Waals surface area contributed by atoms with Crippen molar-refractivity contribution >= 4 is 31.6 Å². The van der Waals surface area contributed by atoms with Crippen molar-refractivity contribution in [3.8, 4) is 0 Å². The van der Waals surface area contributed by atoms with Crippen LogP contribution >= 0.6 is 15.9 Å². The molecule has 0 bridgehead atoms. The summed E-state index contributed by atoms with van der Waals surface area (Å²) in [5, 5.41) is 0. The molecule has 0 atom stereocenters. The third-order valence-electron chi connectivity index (χ3n) is 3.43. The molecule has 112 valence electrons. The molecule has 0 saturated carbocycles. The summed E-state index contributed by atoms with van der Waals surface area (Å²) in [6.07, 6.45) is 0. The molecular formula is C13H19BrN2O3S. The van der Waals surface area contributed by atoms with Gasteiger partial charge in [0.15, 0.2) is 0 Å². The SMILES string of the molecule is Cc1cc(Br)c(N)cc1S(=O)(=O)N1CCOCC1(C)C. The van der Waals surface area contributed by atoms with Gasteiger partial charge in [-0.15, -0.1) is 0 Å². The summed E-state index contributed by atoms with van der Waals surface area (Å²) in [6, 6.07) is 3.25. The minimum absolute atomic E-state index is 0.258. The zero-order valence-corrected chi connectivity index (χ0v) is 14.2. The minimum atomic E-state index is -3.59. The highest BCUT2D eigenvalue weighted by molar-refractivity contribution is 9.10. The Labute approximate surface area is 128 Å². The molecule has 1 saturated heterocycles. The zero-order valence-electron chi connectivity index (χ0n) is 11.8. The molecule has 20 heavy (non-hydrogen) atoms. The van der Waals surface area contributed by atoms with E-state index >= 15 is 0 Å². The van der Waals surface area contributed by atoms with Crippen molar-refractivity contribution in [2.24, 2.45) is 0 Å². The van der Waals surface area contributed by atoms with Crippen molar-refractivity contribution in [3.05, 3.63) is 22.2 Å². The first-order chi connectivity index (χ1) is 9.16. The van der Waals surface area contributed by atoms with Gasteiger partial charge in [-0.2, -0.15) is 4.31 Å². The number of nitrogens with zero attached hydrogens (tertiary/aromatic N) is 1. The van der Waals surface area contributed by atoms with Gasteiger partial charge in [-0.3, -0.25) is 0 Å². The Morgan fingerprint density at radius 3 is 2.65 bits per heavy atom. The van der Waals surface area contributed by atoms with Crippen LogP contribution in [0.2, 0.25) is 0 Å². The Balaban J connectivity index is 2.53. The van der Waals surface area contributed by atoms with E-state index in [4.69, 9.17) is 10.5 Å². The average Bonchev–Trinajstić information content (AvgIpc) is 2.32. The summed E-state index contributed by atoms with van der Waals surface area (Å²) in [6.45, 7) is 6.64. The molecule has 2 rings (SSSR count). The van der Waals surface area contributed by atoms with Gasteiger partial charge < -0.3 is 10.5 Å². The molecule has 1 aromatic carbocycles. The highest BCUT2D eigenvalue weighted by Gasteiger charge is 2.40. The first-order valence-electron chi connectivity index (χ1n) is 6.32. The maximum Gasteiger partial charge on any atom is 0.244 e. The van der Waals surface area contributed by atoms with E-state index in [-0.39, 0.29) is 4.90 Å². The molecule has 1 aliphatic heterocycles. The first-order valence-corrected chi connectivity index (χ1v) is 8.56. The van der Waals surface area contributed by atoms with Gasteiger partial charge in [0.1, 0.15) is 0 Å². The van der Waals surface area contributed by atoms with Gasteiger partial charge in [0, 0.05) is 16.7 Å². The molecule has 0 aromatic heterocycles. The lowest BCUT2D eigenvalue weighted by Gasteiger charge is -2.41. The smallest absolute Gasteiger partial charge is 0.244 e. The Bertz CT molecular complexity index is 629. The summed E-state index contributed by atoms with van der Waals surface area (Å²) < 4.78 is 33.4. The highest BCUT2D eigenvalue weighted by Crippen LogP contribution is 2.32. The topological polar surface area (TPSA) is 72.6 Å². The standard InChI is InChI=1S/C13H19BrN2O3S/c1-9-6-10(14)11(15)7-12(9)20(17,18)16-4-5-19-8-13(16,2)3/h6-7H,4-5,8,15H2,1-3H3. The van der Waals surface area contributed by atoms with Crippen LogP contribution in [-0.4, -0.2) is 38.0 Å². The summed E-state index contributed by atoms with van der Waals surface area (Å²) in [7, 11) is -3.59. The lowest BCUT2D eigenvalue weighted by Crippen LogP contribution is -2.55. The van der Waals surface area contributed by atoms with Crippen LogP contribution in [0.25, 0.3) is 0 Å². The molecular weight excluding hydrogens is 344 g/mol. The molecule has 0 amide bonds. The first kappa shape index (κ1) is 15.8. The molecule has 0 unspecified atom stereocenters. The Hall–Kier alpha value is -0.630. The van der Waals surface area contributed by atoms with E-state index in [9.17, 15) is 8.42 Å². The van der Waals surface area contributed by atoms with Gasteiger partial charge in [-0.05, 0) is 54.4 Å². The van der Waals surface area contributed by atoms with Gasteiger partial charge in [0.25, 0.3) is 0 Å². The number of anilines is 1. The number of hydrogen-bond acceptors (Lipinski definition) is 4. The summed E-state index contributed by atoms with van der Waals surface area (Å²) in [5.74, 6) is 0. The molecule has 0 spiro atoms. The van der Waals surface area contributed by atoms with E-state index < -0.39 is 15.6 Å². The molecule has 0 aliphatic carbocycles. The predicted octanol–water partition coefficient (Wildman–Crippen LogP) is 2.14. The van der Waals surface area contributed by atoms with Crippen LogP contribution in [0.4, 0.5) is 5.69 Å². The van der Waals surface area contributed by atoms with Gasteiger partial charge in [-0.25, -0.2) is 8.42 Å². The Kier molecular flexibility index (Phi) is 4.17. The molecule has 1 fully saturated rings. The van der Waals surface area contributed by atoms with Gasteiger partial charge in [0.05, 0.1) is 23.6 Å². The van der Waals surface area contributed by atoms with Crippen LogP contribution in [0.5, 0.6) is 0 Å². The second-order valence-electron chi connectivity index (χ2n) is 5.58. The maximum absolute atomic E-state index is 12.9. The number of nitrogens with two attached hydrogens (primary N) is 1. The van der Waals surface area contributed by atoms with Crippen LogP contribution in [0.15, 0.2) is 21.5 Å². The highest BCUT2D eigenvalue weighted by atomic mass is 79.9. The number of benzene rings is 1. The van der Waals surface area contributed by atoms with Crippen LogP contribution in [0, 0.1) is 6.92 Å². The van der Waals surface area contributed by atoms with Crippen molar-refractivity contribution in [2.45, 2.75) is 31.2 Å². The zero-order chi connectivity index (χ0) is 15.1. The number of aryl methyl sites for hydroxylation is 1. The van der Waals surface area contributed by atoms with E-state index in [2.05, 4.69) is 15.9 Å². The van der Waals surface area contributed by atoms with Crippen LogP contribution < -0.4 is 5.73 Å². The number of ether oxygens (including phenoxy) is 1. The maximum atomic E-state index is 12.9. The minimum Gasteiger partial charge on any atom is -0.398 e. The third kappa shape index (κ3) is 2.72. The van der Waals surface area contributed by atoms with Crippen LogP contribution in [-0.2, 0) is 14.8 Å². The average molecular weight is 363 g/mol. The lowest BCUT2D eigenvalue weighted by molar-refractivity contribution is -0.00772. The fraction of sp³-hybridized carbons (Fsp3) is 0.538. The molecule has 5 nitrogen and oxygen atoms in total. The Morgan fingerprint density at radius 1 is 1.40 bits per heavy atom. The van der Waals surface area contributed by atoms with Crippen molar-refractivity contribution in [1.82, 2.24) is 4.31 Å². The molecule has 2 N–H and O–H groups in total. The molecule has 0 radical (unpaired) electrons. The van der Waals surface area contributed by atoms with Crippen molar-refractivity contribution < 1.29 is 13.2 Å². The van der Waals surface area contributed by atoms with Crippen molar-refractivity contribution in [2.75, 3.05) is 25.5 Å². The number of sulfonamides is 1. The number of morpholine rings is 1. The Morgan fingerprint density at radius 2 is 2.05 bits per heavy atom. The van der Waals surface area contributed by atoms with E-state index in [1.54, 1.807) is 13.0 Å². The quantitative estimate of drug-likeness (QED) is 0.818. The summed E-state index contributed by atoms with van der Waals surface area (Å²) in [5.41, 5.74) is 6.36. The molecule has 1 heterocycles. The fourth-order valence-electron chi connectivity index (χ4n) is 2.35. The molecule has 1 aliphatic rings. The van der Waals surface area contributed by atoms with Crippen molar-refractivity contribution in [1.29, 1.82) is 0 Å². The number of nitrogen functional groups attached to an aromatic ring is 1. The fourth-order valence-corrected chi connectivity index (χ4v) is 4.81. The van der Waals surface area contributed by atoms with E-state index in [0.29, 0.717) is 35.5 Å². The molecule has 1 aromatic rings. The van der Waals surface area contributed by atoms with E-state index in [0.717, 1.165) is 0 Å². The van der Waals surface area contributed by atoms with E-state index in [1.165, 1.54) is 10.4 Å². The largest absolute Gasteiger partial charge is 0.398 e. The van der Waals surface area contributed by atoms with Crippen molar-refractivity contribution in [3.63, 3.8) is 0 Å². The number of rotatable bonds is 2. The van der Waals surface area contributed by atoms with Gasteiger partial charge >= 0.3 is 0 Å². The van der Waals surface area contributed by atoms with E-state index in [1.807, 2.05) is 13.8 Å². The van der Waals surface area contributed by atoms with Crippen LogP contribution in [0.1, 0.15) is 19.4 Å². The second-order valence-corrected chi connectivity index (χ2v) is 8.27.